The van der Waals surface area contributed by atoms with Crippen molar-refractivity contribution in [3.05, 3.63) is 87.0 Å². The normalized spacial score (nSPS) is 15.7. The number of allylic oxidation sites excluding steroid dienone is 2. The second-order valence-corrected chi connectivity index (χ2v) is 22.1. The second-order valence-electron chi connectivity index (χ2n) is 22.1. The van der Waals surface area contributed by atoms with Crippen LogP contribution < -0.4 is 0 Å². The summed E-state index contributed by atoms with van der Waals surface area (Å²) in [6.45, 7) is 32.0. The number of hydrogen-bond donors (Lipinski definition) is 2. The first-order valence-corrected chi connectivity index (χ1v) is 28.2. The summed E-state index contributed by atoms with van der Waals surface area (Å²) in [7, 11) is 1.38. The van der Waals surface area contributed by atoms with E-state index < -0.39 is 5.97 Å². The molecule has 0 radical (unpaired) electrons. The Hall–Kier alpha value is -5.25. The molecular formula is C63H93N5O5. The van der Waals surface area contributed by atoms with Crippen LogP contribution in [0, 0.1) is 31.6 Å². The highest BCUT2D eigenvalue weighted by atomic mass is 16.5. The van der Waals surface area contributed by atoms with Crippen molar-refractivity contribution in [3.63, 3.8) is 0 Å². The van der Waals surface area contributed by atoms with E-state index in [1.54, 1.807) is 0 Å². The van der Waals surface area contributed by atoms with Gasteiger partial charge in [0.1, 0.15) is 6.61 Å². The summed E-state index contributed by atoms with van der Waals surface area (Å²) >= 11 is 0. The van der Waals surface area contributed by atoms with Gasteiger partial charge in [-0.05, 0) is 131 Å². The third-order valence-electron chi connectivity index (χ3n) is 15.8. The van der Waals surface area contributed by atoms with Gasteiger partial charge < -0.3 is 24.3 Å². The predicted octanol–water partition coefficient (Wildman–Crippen LogP) is 15.8. The Morgan fingerprint density at radius 1 is 0.767 bits per heavy atom. The molecule has 8 bridgehead atoms. The summed E-state index contributed by atoms with van der Waals surface area (Å²) in [5.74, 6) is 1.01. The zero-order chi connectivity index (χ0) is 53.4. The number of amides is 1. The molecule has 5 heterocycles. The molecule has 73 heavy (non-hydrogen) atoms. The van der Waals surface area contributed by atoms with Crippen LogP contribution in [0.4, 0.5) is 0 Å². The monoisotopic (exact) mass is 1000 g/mol. The van der Waals surface area contributed by atoms with E-state index in [4.69, 9.17) is 19.4 Å². The molecule has 2 aliphatic heterocycles. The molecule has 0 saturated carbocycles. The van der Waals surface area contributed by atoms with E-state index in [0.717, 1.165) is 112 Å². The van der Waals surface area contributed by atoms with Crippen LogP contribution in [0.15, 0.2) is 36.4 Å². The topological polar surface area (TPSA) is 130 Å². The number of ether oxygens (including phenoxy) is 2. The minimum atomic E-state index is -0.461. The van der Waals surface area contributed by atoms with E-state index in [1.165, 1.54) is 57.6 Å². The quantitative estimate of drug-likeness (QED) is 0.0547. The summed E-state index contributed by atoms with van der Waals surface area (Å²) in [6, 6.07) is 6.29. The number of methoxy groups -OCH3 is 1. The van der Waals surface area contributed by atoms with Crippen LogP contribution in [0.5, 0.6) is 0 Å². The summed E-state index contributed by atoms with van der Waals surface area (Å²) in [5, 5.41) is 0. The van der Waals surface area contributed by atoms with Crippen molar-refractivity contribution in [3.8, 4) is 0 Å². The summed E-state index contributed by atoms with van der Waals surface area (Å²) < 4.78 is 11.3. The standard InChI is InChI=1S/C63H93N5O5/c1-15-19-33-68(34-20-16-2)63(71)60-47(13)55-39-57-49(18-4)45(11)53(65-57)38-56-48(17-3)44(10)52(64-56)37-54-46(12)50(61(66-54)51(62(60)67-55)36-59(70)72-14)30-31-58(69)73-35-32-43(9)29-23-28-42(8)27-22-26-41(7)25-21-24-40(5)6/h17,32,37-42,46,50,64-65H,3,15-16,18-31,33-36H2,1-2,4-14H3/b43-32+,52-37?,53-38?,54-37?,55-39?,56-38?,57-39?,61-51?,62-51?. The smallest absolute Gasteiger partial charge is 0.310 e. The average Bonchev–Trinajstić information content (AvgIpc) is 4.04. The first-order valence-electron chi connectivity index (χ1n) is 28.2. The number of rotatable bonds is 28. The largest absolute Gasteiger partial charge is 0.469 e. The summed E-state index contributed by atoms with van der Waals surface area (Å²) in [6.07, 6.45) is 20.1. The van der Waals surface area contributed by atoms with Crippen LogP contribution in [-0.4, -0.2) is 69.5 Å². The summed E-state index contributed by atoms with van der Waals surface area (Å²) in [4.78, 5) is 62.7. The number of nitrogens with zero attached hydrogens (tertiary/aromatic N) is 3. The van der Waals surface area contributed by atoms with E-state index in [0.29, 0.717) is 53.6 Å². The van der Waals surface area contributed by atoms with E-state index in [9.17, 15) is 9.59 Å². The third kappa shape index (κ3) is 15.6. The predicted molar refractivity (Wildman–Crippen MR) is 304 cm³/mol. The fourth-order valence-electron chi connectivity index (χ4n) is 10.9. The van der Waals surface area contributed by atoms with Crippen LogP contribution in [-0.2, 0) is 36.7 Å². The molecule has 10 heteroatoms. The molecule has 0 aliphatic carbocycles. The Kier molecular flexibility index (Phi) is 22.8. The number of unbranched alkanes of at least 4 members (excludes halogenated alkanes) is 2. The highest BCUT2D eigenvalue weighted by Crippen LogP contribution is 2.44. The minimum Gasteiger partial charge on any atom is -0.469 e. The SMILES string of the molecule is C=Cc1c(C)c2cc3nc(c(CC(=O)OC)c4nc(cc5[nH]c(cc1[nH]2)c(C)c5CC)C(C)=C4C(=O)N(CCCC)CCCC)C(CCC(=O)OC/C=C(\C)CCCC(C)CCCC(C)CCCC(C)C)C3C. The lowest BCUT2D eigenvalue weighted by Crippen LogP contribution is -2.34. The van der Waals surface area contributed by atoms with Crippen LogP contribution in [0.3, 0.4) is 0 Å². The molecule has 3 aromatic rings. The van der Waals surface area contributed by atoms with Gasteiger partial charge in [0, 0.05) is 70.2 Å². The van der Waals surface area contributed by atoms with Gasteiger partial charge in [-0.25, -0.2) is 4.98 Å². The van der Waals surface area contributed by atoms with Gasteiger partial charge in [0.05, 0.1) is 36.2 Å². The van der Waals surface area contributed by atoms with Gasteiger partial charge in [-0.15, -0.1) is 0 Å². The molecule has 3 aromatic heterocycles. The molecule has 2 N–H and O–H groups in total. The van der Waals surface area contributed by atoms with Gasteiger partial charge in [0.15, 0.2) is 0 Å². The maximum absolute atomic E-state index is 15.2. The number of H-pyrrole nitrogens is 2. The molecule has 0 fully saturated rings. The molecule has 4 unspecified atom stereocenters. The van der Waals surface area contributed by atoms with Gasteiger partial charge >= 0.3 is 11.9 Å². The molecular weight excluding hydrogens is 907 g/mol. The Balaban J connectivity index is 1.52. The van der Waals surface area contributed by atoms with Gasteiger partial charge in [0.2, 0.25) is 0 Å². The Morgan fingerprint density at radius 2 is 1.40 bits per heavy atom. The molecule has 400 valence electrons. The molecule has 5 rings (SSSR count). The van der Waals surface area contributed by atoms with E-state index >= 15 is 4.79 Å². The Bertz CT molecular complexity index is 2600. The first kappa shape index (κ1) is 58.6. The van der Waals surface area contributed by atoms with Crippen molar-refractivity contribution < 1.29 is 23.9 Å². The molecule has 10 nitrogen and oxygen atoms in total. The highest BCUT2D eigenvalue weighted by Gasteiger charge is 2.37. The van der Waals surface area contributed by atoms with Crippen LogP contribution >= 0.6 is 0 Å². The number of esters is 2. The van der Waals surface area contributed by atoms with Crippen LogP contribution in [0.25, 0.3) is 39.3 Å². The third-order valence-corrected chi connectivity index (χ3v) is 15.8. The molecule has 4 atom stereocenters. The van der Waals surface area contributed by atoms with Crippen molar-refractivity contribution in [1.82, 2.24) is 24.8 Å². The average molecular weight is 1000 g/mol. The van der Waals surface area contributed by atoms with E-state index in [-0.39, 0.29) is 43.2 Å². The lowest BCUT2D eigenvalue weighted by atomic mass is 9.84. The van der Waals surface area contributed by atoms with Crippen molar-refractivity contribution in [1.29, 1.82) is 0 Å². The maximum Gasteiger partial charge on any atom is 0.310 e. The fraction of sp³-hybridized carbons (Fsp3) is 0.603. The number of hydrogen-bond acceptors (Lipinski definition) is 7. The molecule has 1 amide bonds. The Labute approximate surface area is 439 Å². The zero-order valence-electron chi connectivity index (χ0n) is 47.5. The number of fused-ring (bicyclic) bond motifs is 8. The number of nitrogens with one attached hydrogen (secondary N) is 2. The molecule has 0 saturated heterocycles. The van der Waals surface area contributed by atoms with E-state index in [1.807, 2.05) is 24.0 Å². The minimum absolute atomic E-state index is 0.103. The van der Waals surface area contributed by atoms with Crippen LogP contribution in [0.1, 0.15) is 228 Å². The van der Waals surface area contributed by atoms with Gasteiger partial charge in [-0.1, -0.05) is 131 Å². The number of aromatic nitrogens is 4. The highest BCUT2D eigenvalue weighted by molar-refractivity contribution is 6.27. The fourth-order valence-corrected chi connectivity index (χ4v) is 10.9. The van der Waals surface area contributed by atoms with Crippen LogP contribution in [0.2, 0.25) is 0 Å². The van der Waals surface area contributed by atoms with Gasteiger partial charge in [-0.3, -0.25) is 19.4 Å². The van der Waals surface area contributed by atoms with Crippen molar-refractivity contribution >= 4 is 57.1 Å². The van der Waals surface area contributed by atoms with Gasteiger partial charge in [-0.2, -0.15) is 0 Å². The maximum atomic E-state index is 15.2. The number of carbonyl (C=O) groups is 3. The van der Waals surface area contributed by atoms with Crippen molar-refractivity contribution in [2.24, 2.45) is 17.8 Å². The van der Waals surface area contributed by atoms with Gasteiger partial charge in [0.25, 0.3) is 5.91 Å². The Morgan fingerprint density at radius 3 is 2.01 bits per heavy atom. The molecule has 0 aromatic carbocycles. The lowest BCUT2D eigenvalue weighted by Gasteiger charge is -2.24. The molecule has 2 aliphatic rings. The van der Waals surface area contributed by atoms with E-state index in [2.05, 4.69) is 111 Å². The van der Waals surface area contributed by atoms with Crippen molar-refractivity contribution in [2.45, 2.75) is 204 Å². The zero-order valence-corrected chi connectivity index (χ0v) is 47.5. The summed E-state index contributed by atoms with van der Waals surface area (Å²) in [5.41, 5.74) is 13.6. The van der Waals surface area contributed by atoms with Crippen molar-refractivity contribution in [2.75, 3.05) is 26.8 Å². The number of carbonyl (C=O) groups excluding carboxylic acids is 3. The molecule has 0 spiro atoms. The number of aromatic amines is 2. The second kappa shape index (κ2) is 28.4. The lowest BCUT2D eigenvalue weighted by molar-refractivity contribution is -0.143. The first-order chi connectivity index (χ1) is 35.0. The number of aryl methyl sites for hydroxylation is 3.